The minimum atomic E-state index is -1.28. The molecule has 3 rings (SSSR count). The van der Waals surface area contributed by atoms with Crippen molar-refractivity contribution < 1.29 is 19.2 Å². The van der Waals surface area contributed by atoms with Gasteiger partial charge in [-0.3, -0.25) is 0 Å². The van der Waals surface area contributed by atoms with Crippen molar-refractivity contribution in [2.45, 2.75) is 13.3 Å². The third-order valence-corrected chi connectivity index (χ3v) is 4.05. The molecule has 0 radical (unpaired) electrons. The van der Waals surface area contributed by atoms with E-state index in [-0.39, 0.29) is 5.89 Å². The fourth-order valence-corrected chi connectivity index (χ4v) is 2.54. The maximum atomic E-state index is 10.4. The number of carboxylic acid groups (broad SMARTS) is 1. The average Bonchev–Trinajstić information content (AvgIpc) is 3.18. The predicted octanol–water partition coefficient (Wildman–Crippen LogP) is 3.16. The maximum Gasteiger partial charge on any atom is 0.269 e. The molecule has 0 saturated heterocycles. The summed E-state index contributed by atoms with van der Waals surface area (Å²) >= 11 is 6.28. The Labute approximate surface area is 161 Å². The SMILES string of the molecule is CCc1ccc(-c2noc(/C(Cl)=C/c3ccc(OCC(=O)[O-])cc3)n2)cc1. The first-order valence-corrected chi connectivity index (χ1v) is 8.66. The van der Waals surface area contributed by atoms with Gasteiger partial charge >= 0.3 is 0 Å². The maximum absolute atomic E-state index is 10.4. The van der Waals surface area contributed by atoms with E-state index in [4.69, 9.17) is 20.9 Å². The highest BCUT2D eigenvalue weighted by Crippen LogP contribution is 2.25. The van der Waals surface area contributed by atoms with Crippen LogP contribution in [0, 0.1) is 0 Å². The number of carbonyl (C=O) groups is 1. The Morgan fingerprint density at radius 2 is 1.89 bits per heavy atom. The molecule has 27 heavy (non-hydrogen) atoms. The number of aliphatic carboxylic acids is 1. The summed E-state index contributed by atoms with van der Waals surface area (Å²) in [6.45, 7) is 1.59. The monoisotopic (exact) mass is 383 g/mol. The first kappa shape index (κ1) is 18.7. The normalized spacial score (nSPS) is 11.4. The summed E-state index contributed by atoms with van der Waals surface area (Å²) in [5, 5.41) is 14.7. The minimum absolute atomic E-state index is 0.212. The Hall–Kier alpha value is -3.12. The fourth-order valence-electron chi connectivity index (χ4n) is 2.34. The first-order chi connectivity index (χ1) is 13.0. The van der Waals surface area contributed by atoms with Crippen molar-refractivity contribution in [3.63, 3.8) is 0 Å². The van der Waals surface area contributed by atoms with Crippen LogP contribution >= 0.6 is 11.6 Å². The second-order valence-corrected chi connectivity index (χ2v) is 6.10. The lowest BCUT2D eigenvalue weighted by Gasteiger charge is -2.06. The van der Waals surface area contributed by atoms with Gasteiger partial charge in [0.25, 0.3) is 5.89 Å². The van der Waals surface area contributed by atoms with Gasteiger partial charge in [0.05, 0.1) is 5.97 Å². The summed E-state index contributed by atoms with van der Waals surface area (Å²) in [4.78, 5) is 14.7. The van der Waals surface area contributed by atoms with E-state index in [0.717, 1.165) is 17.5 Å². The lowest BCUT2D eigenvalue weighted by molar-refractivity contribution is -0.307. The first-order valence-electron chi connectivity index (χ1n) is 8.28. The Balaban J connectivity index is 1.72. The van der Waals surface area contributed by atoms with Crippen molar-refractivity contribution in [1.29, 1.82) is 0 Å². The van der Waals surface area contributed by atoms with Gasteiger partial charge in [0.2, 0.25) is 5.82 Å². The molecule has 0 bridgehead atoms. The predicted molar refractivity (Wildman–Crippen MR) is 99.8 cm³/mol. The number of ether oxygens (including phenoxy) is 1. The number of aromatic nitrogens is 2. The van der Waals surface area contributed by atoms with Gasteiger partial charge in [-0.1, -0.05) is 60.1 Å². The van der Waals surface area contributed by atoms with E-state index < -0.39 is 12.6 Å². The molecule has 138 valence electrons. The van der Waals surface area contributed by atoms with Gasteiger partial charge in [-0.25, -0.2) is 0 Å². The van der Waals surface area contributed by atoms with Crippen LogP contribution in [-0.2, 0) is 11.2 Å². The molecule has 0 saturated carbocycles. The Morgan fingerprint density at radius 1 is 1.19 bits per heavy atom. The van der Waals surface area contributed by atoms with Crippen molar-refractivity contribution >= 4 is 28.7 Å². The lowest BCUT2D eigenvalue weighted by atomic mass is 10.1. The van der Waals surface area contributed by atoms with Crippen molar-refractivity contribution in [2.24, 2.45) is 0 Å². The lowest BCUT2D eigenvalue weighted by Crippen LogP contribution is -2.28. The summed E-state index contributed by atoms with van der Waals surface area (Å²) in [5.41, 5.74) is 2.85. The minimum Gasteiger partial charge on any atom is -0.546 e. The zero-order chi connectivity index (χ0) is 19.2. The third kappa shape index (κ3) is 4.95. The number of halogens is 1. The van der Waals surface area contributed by atoms with Gasteiger partial charge in [-0.05, 0) is 35.8 Å². The number of nitrogens with zero attached hydrogens (tertiary/aromatic N) is 2. The second kappa shape index (κ2) is 8.51. The molecular weight excluding hydrogens is 368 g/mol. The molecule has 0 spiro atoms. The van der Waals surface area contributed by atoms with Crippen LogP contribution in [0.25, 0.3) is 22.5 Å². The molecule has 0 atom stereocenters. The number of aryl methyl sites for hydroxylation is 1. The average molecular weight is 384 g/mol. The zero-order valence-corrected chi connectivity index (χ0v) is 15.3. The topological polar surface area (TPSA) is 88.3 Å². The molecule has 1 aromatic heterocycles. The molecule has 0 amide bonds. The highest BCUT2D eigenvalue weighted by atomic mass is 35.5. The van der Waals surface area contributed by atoms with Crippen LogP contribution in [0.5, 0.6) is 5.75 Å². The van der Waals surface area contributed by atoms with Crippen LogP contribution in [0.4, 0.5) is 0 Å². The summed E-state index contributed by atoms with van der Waals surface area (Å²) in [6.07, 6.45) is 2.63. The summed E-state index contributed by atoms with van der Waals surface area (Å²) in [7, 11) is 0. The number of carbonyl (C=O) groups excluding carboxylic acids is 1. The highest BCUT2D eigenvalue weighted by molar-refractivity contribution is 6.50. The summed E-state index contributed by atoms with van der Waals surface area (Å²) < 4.78 is 10.3. The molecule has 2 aromatic carbocycles. The Kier molecular flexibility index (Phi) is 5.88. The van der Waals surface area contributed by atoms with E-state index in [1.807, 2.05) is 24.3 Å². The number of hydrogen-bond donors (Lipinski definition) is 0. The standard InChI is InChI=1S/C20H17ClN2O4/c1-2-13-3-7-15(8-4-13)19-22-20(27-23-19)17(21)11-14-5-9-16(10-6-14)26-12-18(24)25/h3-11H,2,12H2,1H3,(H,24,25)/p-1/b17-11-. The van der Waals surface area contributed by atoms with E-state index in [2.05, 4.69) is 17.1 Å². The van der Waals surface area contributed by atoms with Gasteiger partial charge in [0.1, 0.15) is 17.4 Å². The van der Waals surface area contributed by atoms with E-state index >= 15 is 0 Å². The van der Waals surface area contributed by atoms with Crippen LogP contribution in [0.3, 0.4) is 0 Å². The van der Waals surface area contributed by atoms with Crippen LogP contribution in [-0.4, -0.2) is 22.7 Å². The molecule has 6 nitrogen and oxygen atoms in total. The van der Waals surface area contributed by atoms with E-state index in [0.29, 0.717) is 16.6 Å². The van der Waals surface area contributed by atoms with Crippen molar-refractivity contribution in [1.82, 2.24) is 10.1 Å². The third-order valence-electron chi connectivity index (χ3n) is 3.78. The molecule has 0 fully saturated rings. The van der Waals surface area contributed by atoms with E-state index in [1.165, 1.54) is 5.56 Å². The fraction of sp³-hybridized carbons (Fsp3) is 0.150. The molecule has 0 aliphatic heterocycles. The van der Waals surface area contributed by atoms with Crippen LogP contribution in [0.1, 0.15) is 23.9 Å². The molecule has 0 unspecified atom stereocenters. The summed E-state index contributed by atoms with van der Waals surface area (Å²) in [5.74, 6) is -0.185. The molecule has 3 aromatic rings. The molecule has 0 aliphatic carbocycles. The molecule has 1 heterocycles. The van der Waals surface area contributed by atoms with Crippen LogP contribution < -0.4 is 9.84 Å². The van der Waals surface area contributed by atoms with Crippen LogP contribution in [0.15, 0.2) is 53.1 Å². The van der Waals surface area contributed by atoms with Crippen LogP contribution in [0.2, 0.25) is 0 Å². The van der Waals surface area contributed by atoms with E-state index in [1.54, 1.807) is 30.3 Å². The Morgan fingerprint density at radius 3 is 2.52 bits per heavy atom. The van der Waals surface area contributed by atoms with Gasteiger partial charge < -0.3 is 19.2 Å². The highest BCUT2D eigenvalue weighted by Gasteiger charge is 2.11. The van der Waals surface area contributed by atoms with Crippen molar-refractivity contribution in [2.75, 3.05) is 6.61 Å². The Bertz CT molecular complexity index is 947. The molecule has 0 aliphatic rings. The largest absolute Gasteiger partial charge is 0.546 e. The number of carboxylic acids is 1. The van der Waals surface area contributed by atoms with Gasteiger partial charge in [-0.2, -0.15) is 4.98 Å². The van der Waals surface area contributed by atoms with Crippen molar-refractivity contribution in [3.8, 4) is 17.1 Å². The summed E-state index contributed by atoms with van der Waals surface area (Å²) in [6, 6.07) is 14.6. The second-order valence-electron chi connectivity index (χ2n) is 5.70. The smallest absolute Gasteiger partial charge is 0.269 e. The zero-order valence-electron chi connectivity index (χ0n) is 14.5. The molecular formula is C20H16ClN2O4-. The molecule has 0 N–H and O–H groups in total. The quantitative estimate of drug-likeness (QED) is 0.622. The van der Waals surface area contributed by atoms with Gasteiger partial charge in [-0.15, -0.1) is 0 Å². The molecule has 7 heteroatoms. The van der Waals surface area contributed by atoms with Gasteiger partial charge in [0, 0.05) is 5.56 Å². The van der Waals surface area contributed by atoms with E-state index in [9.17, 15) is 9.90 Å². The van der Waals surface area contributed by atoms with Gasteiger partial charge in [0.15, 0.2) is 0 Å². The number of hydrogen-bond acceptors (Lipinski definition) is 6. The van der Waals surface area contributed by atoms with Crippen molar-refractivity contribution in [3.05, 3.63) is 65.5 Å². The number of benzene rings is 2. The number of rotatable bonds is 7.